The van der Waals surface area contributed by atoms with Crippen LogP contribution in [0.15, 0.2) is 60.9 Å². The van der Waals surface area contributed by atoms with Crippen LogP contribution in [0.4, 0.5) is 32.3 Å². The number of anilines is 1. The van der Waals surface area contributed by atoms with Gasteiger partial charge in [-0.2, -0.15) is 26.3 Å². The first-order valence-electron chi connectivity index (χ1n) is 16.2. The number of hydrogen-bond donors (Lipinski definition) is 1. The molecule has 0 aliphatic heterocycles. The van der Waals surface area contributed by atoms with Gasteiger partial charge in [-0.3, -0.25) is 4.79 Å². The van der Waals surface area contributed by atoms with Gasteiger partial charge in [-0.05, 0) is 83.5 Å². The summed E-state index contributed by atoms with van der Waals surface area (Å²) in [7, 11) is 4.41. The maximum Gasteiger partial charge on any atom is 0.416 e. The summed E-state index contributed by atoms with van der Waals surface area (Å²) in [4.78, 5) is 20.9. The summed E-state index contributed by atoms with van der Waals surface area (Å²) >= 11 is 0. The Kier molecular flexibility index (Phi) is 12.8. The average molecular weight is 736 g/mol. The molecule has 0 fully saturated rings. The number of nitrogens with zero attached hydrogens (tertiary/aromatic N) is 3. The van der Waals surface area contributed by atoms with Crippen LogP contribution in [0.2, 0.25) is 0 Å². The standard InChI is InChI=1S/C37H39F6N3O6/c1-22(2)24-9-10-31(49-3)30(14-24)29-17-33(51-5)32(50-4)15-25(29)21-46(35-44-18-28(19-45-35)52-11-7-6-8-34(47)48)20-23-12-26(36(38,39)40)16-27(13-23)37(41,42)43/h9-10,12-19,22H,6-8,11,20-21H2,1-5H3,(H,47,48). The number of ether oxygens (including phenoxy) is 4. The van der Waals surface area contributed by atoms with Crippen molar-refractivity contribution in [3.8, 4) is 34.1 Å². The van der Waals surface area contributed by atoms with Crippen molar-refractivity contribution in [3.63, 3.8) is 0 Å². The summed E-state index contributed by atoms with van der Waals surface area (Å²) in [5, 5.41) is 8.83. The van der Waals surface area contributed by atoms with Gasteiger partial charge in [-0.15, -0.1) is 0 Å². The normalized spacial score (nSPS) is 11.8. The van der Waals surface area contributed by atoms with Gasteiger partial charge in [0.25, 0.3) is 0 Å². The number of halogens is 6. The van der Waals surface area contributed by atoms with E-state index in [0.29, 0.717) is 58.9 Å². The number of carboxylic acids is 1. The zero-order chi connectivity index (χ0) is 38.2. The third-order valence-electron chi connectivity index (χ3n) is 8.12. The van der Waals surface area contributed by atoms with E-state index in [1.54, 1.807) is 12.1 Å². The van der Waals surface area contributed by atoms with Crippen molar-refractivity contribution in [2.75, 3.05) is 32.8 Å². The highest BCUT2D eigenvalue weighted by Crippen LogP contribution is 2.42. The fraction of sp³-hybridized carbons (Fsp3) is 0.378. The van der Waals surface area contributed by atoms with Crippen LogP contribution in [0.1, 0.15) is 66.8 Å². The van der Waals surface area contributed by atoms with Crippen molar-refractivity contribution in [3.05, 3.63) is 88.7 Å². The zero-order valence-corrected chi connectivity index (χ0v) is 29.2. The summed E-state index contributed by atoms with van der Waals surface area (Å²) in [6, 6.07) is 10.5. The van der Waals surface area contributed by atoms with Gasteiger partial charge in [-0.25, -0.2) is 9.97 Å². The fourth-order valence-electron chi connectivity index (χ4n) is 5.45. The molecule has 0 atom stereocenters. The van der Waals surface area contributed by atoms with E-state index in [2.05, 4.69) is 9.97 Å². The molecule has 280 valence electrons. The predicted molar refractivity (Wildman–Crippen MR) is 181 cm³/mol. The largest absolute Gasteiger partial charge is 0.496 e. The first-order valence-corrected chi connectivity index (χ1v) is 16.2. The zero-order valence-electron chi connectivity index (χ0n) is 29.2. The highest BCUT2D eigenvalue weighted by Gasteiger charge is 2.37. The minimum absolute atomic E-state index is 0.0205. The number of aromatic nitrogens is 2. The van der Waals surface area contributed by atoms with E-state index in [9.17, 15) is 31.1 Å². The minimum Gasteiger partial charge on any atom is -0.496 e. The second-order valence-corrected chi connectivity index (χ2v) is 12.2. The lowest BCUT2D eigenvalue weighted by Crippen LogP contribution is -2.25. The molecule has 0 saturated heterocycles. The molecule has 0 spiro atoms. The quantitative estimate of drug-likeness (QED) is 0.0892. The van der Waals surface area contributed by atoms with Gasteiger partial charge >= 0.3 is 18.3 Å². The van der Waals surface area contributed by atoms with Gasteiger partial charge in [0, 0.05) is 25.1 Å². The predicted octanol–water partition coefficient (Wildman–Crippen LogP) is 9.17. The second kappa shape index (κ2) is 16.9. The second-order valence-electron chi connectivity index (χ2n) is 12.2. The Hall–Kier alpha value is -5.21. The van der Waals surface area contributed by atoms with Crippen molar-refractivity contribution in [1.82, 2.24) is 9.97 Å². The fourth-order valence-corrected chi connectivity index (χ4v) is 5.45. The first-order chi connectivity index (χ1) is 24.5. The highest BCUT2D eigenvalue weighted by molar-refractivity contribution is 5.77. The minimum atomic E-state index is -5.05. The molecule has 4 rings (SSSR count). The van der Waals surface area contributed by atoms with E-state index in [1.807, 2.05) is 32.0 Å². The molecule has 15 heteroatoms. The number of benzene rings is 3. The van der Waals surface area contributed by atoms with Crippen LogP contribution in [-0.4, -0.2) is 49.0 Å². The van der Waals surface area contributed by atoms with Gasteiger partial charge in [0.1, 0.15) is 5.75 Å². The molecule has 52 heavy (non-hydrogen) atoms. The topological polar surface area (TPSA) is 103 Å². The Balaban J connectivity index is 1.85. The van der Waals surface area contributed by atoms with Crippen LogP contribution in [0.25, 0.3) is 11.1 Å². The number of unbranched alkanes of at least 4 members (excludes halogenated alkanes) is 1. The smallest absolute Gasteiger partial charge is 0.416 e. The summed E-state index contributed by atoms with van der Waals surface area (Å²) in [6.07, 6.45) is -6.64. The van der Waals surface area contributed by atoms with Gasteiger partial charge in [-0.1, -0.05) is 19.9 Å². The van der Waals surface area contributed by atoms with Crippen LogP contribution >= 0.6 is 0 Å². The van der Waals surface area contributed by atoms with Crippen molar-refractivity contribution in [1.29, 1.82) is 0 Å². The number of hydrogen-bond acceptors (Lipinski definition) is 8. The number of carbonyl (C=O) groups is 1. The van der Waals surface area contributed by atoms with Gasteiger partial charge in [0.05, 0.1) is 51.5 Å². The molecule has 9 nitrogen and oxygen atoms in total. The summed E-state index contributed by atoms with van der Waals surface area (Å²) in [6.45, 7) is 3.65. The van der Waals surface area contributed by atoms with Crippen molar-refractivity contribution >= 4 is 11.9 Å². The molecule has 0 aliphatic rings. The lowest BCUT2D eigenvalue weighted by atomic mass is 9.93. The van der Waals surface area contributed by atoms with Crippen LogP contribution in [0, 0.1) is 0 Å². The molecule has 0 amide bonds. The maximum atomic E-state index is 13.8. The molecule has 1 aromatic heterocycles. The van der Waals surface area contributed by atoms with E-state index in [1.165, 1.54) is 38.6 Å². The molecule has 1 N–H and O–H groups in total. The van der Waals surface area contributed by atoms with Crippen LogP contribution in [0.5, 0.6) is 23.0 Å². The first kappa shape index (κ1) is 39.6. The molecular weight excluding hydrogens is 696 g/mol. The van der Waals surface area contributed by atoms with Crippen molar-refractivity contribution in [2.45, 2.75) is 64.5 Å². The highest BCUT2D eigenvalue weighted by atomic mass is 19.4. The molecule has 4 aromatic rings. The number of methoxy groups -OCH3 is 3. The molecule has 0 saturated carbocycles. The summed E-state index contributed by atoms with van der Waals surface area (Å²) in [5.74, 6) is 0.634. The van der Waals surface area contributed by atoms with Crippen molar-refractivity contribution in [2.24, 2.45) is 0 Å². The Morgan fingerprint density at radius 3 is 1.90 bits per heavy atom. The molecule has 0 unspecified atom stereocenters. The molecule has 0 aliphatic carbocycles. The third-order valence-corrected chi connectivity index (χ3v) is 8.12. The molecule has 0 radical (unpaired) electrons. The molecule has 3 aromatic carbocycles. The Morgan fingerprint density at radius 2 is 1.37 bits per heavy atom. The van der Waals surface area contributed by atoms with Gasteiger partial charge < -0.3 is 29.0 Å². The number of rotatable bonds is 16. The van der Waals surface area contributed by atoms with E-state index in [0.717, 1.165) is 5.56 Å². The number of carboxylic acid groups (broad SMARTS) is 1. The van der Waals surface area contributed by atoms with E-state index in [4.69, 9.17) is 24.1 Å². The Labute approximate surface area is 297 Å². The number of alkyl halides is 6. The van der Waals surface area contributed by atoms with E-state index in [-0.39, 0.29) is 48.8 Å². The molecule has 1 heterocycles. The summed E-state index contributed by atoms with van der Waals surface area (Å²) < 4.78 is 106. The molecular formula is C37H39F6N3O6. The van der Waals surface area contributed by atoms with Gasteiger partial charge in [0.2, 0.25) is 5.95 Å². The lowest BCUT2D eigenvalue weighted by molar-refractivity contribution is -0.143. The Morgan fingerprint density at radius 1 is 0.769 bits per heavy atom. The van der Waals surface area contributed by atoms with Crippen molar-refractivity contribution < 1.29 is 55.2 Å². The molecule has 0 bridgehead atoms. The van der Waals surface area contributed by atoms with E-state index >= 15 is 0 Å². The average Bonchev–Trinajstić information content (AvgIpc) is 3.10. The monoisotopic (exact) mass is 735 g/mol. The lowest BCUT2D eigenvalue weighted by Gasteiger charge is -2.26. The van der Waals surface area contributed by atoms with Crippen LogP contribution in [0.3, 0.4) is 0 Å². The summed E-state index contributed by atoms with van der Waals surface area (Å²) in [5.41, 5.74) is -0.398. The SMILES string of the molecule is COc1cc(CN(Cc2cc(C(F)(F)F)cc(C(F)(F)F)c2)c2ncc(OCCCCC(=O)O)cn2)c(-c2cc(C(C)C)ccc2OC)cc1OC. The third kappa shape index (κ3) is 10.2. The van der Waals surface area contributed by atoms with Crippen LogP contribution < -0.4 is 23.8 Å². The Bertz CT molecular complexity index is 1800. The van der Waals surface area contributed by atoms with E-state index < -0.39 is 36.0 Å². The number of aliphatic carboxylic acids is 1. The maximum absolute atomic E-state index is 13.8. The van der Waals surface area contributed by atoms with Gasteiger partial charge in [0.15, 0.2) is 17.2 Å². The van der Waals surface area contributed by atoms with Crippen LogP contribution in [-0.2, 0) is 30.2 Å².